The fourth-order valence-electron chi connectivity index (χ4n) is 2.62. The fraction of sp³-hybridized carbons (Fsp3) is 0.222. The van der Waals surface area contributed by atoms with E-state index in [0.717, 1.165) is 16.6 Å². The van der Waals surface area contributed by atoms with E-state index in [1.54, 1.807) is 24.3 Å². The lowest BCUT2D eigenvalue weighted by Crippen LogP contribution is -2.22. The summed E-state index contributed by atoms with van der Waals surface area (Å²) in [7, 11) is 0. The zero-order valence-corrected chi connectivity index (χ0v) is 13.2. The van der Waals surface area contributed by atoms with Crippen LogP contribution in [0.3, 0.4) is 0 Å². The zero-order valence-electron chi connectivity index (χ0n) is 13.2. The summed E-state index contributed by atoms with van der Waals surface area (Å²) in [6.07, 6.45) is -1.22. The molecule has 0 saturated heterocycles. The zero-order chi connectivity index (χ0) is 16.4. The van der Waals surface area contributed by atoms with Crippen molar-refractivity contribution in [2.45, 2.75) is 26.5 Å². The van der Waals surface area contributed by atoms with E-state index in [4.69, 9.17) is 0 Å². The molecule has 1 heterocycles. The summed E-state index contributed by atoms with van der Waals surface area (Å²) in [5, 5.41) is 12.9. The predicted molar refractivity (Wildman–Crippen MR) is 90.2 cm³/mol. The molecular formula is C18H19N3O2. The van der Waals surface area contributed by atoms with Crippen LogP contribution in [0.4, 0.5) is 5.95 Å². The van der Waals surface area contributed by atoms with Gasteiger partial charge in [-0.3, -0.25) is 10.1 Å². The highest BCUT2D eigenvalue weighted by molar-refractivity contribution is 5.95. The molecule has 0 aliphatic heterocycles. The molecule has 0 aliphatic rings. The van der Waals surface area contributed by atoms with Gasteiger partial charge in [-0.2, -0.15) is 0 Å². The minimum Gasteiger partial charge on any atom is -0.378 e. The Morgan fingerprint density at radius 3 is 2.70 bits per heavy atom. The van der Waals surface area contributed by atoms with Crippen LogP contribution in [0.15, 0.2) is 48.5 Å². The first-order chi connectivity index (χ1) is 11.1. The molecular weight excluding hydrogens is 290 g/mol. The summed E-state index contributed by atoms with van der Waals surface area (Å²) in [6.45, 7) is 4.67. The van der Waals surface area contributed by atoms with Crippen molar-refractivity contribution in [2.24, 2.45) is 0 Å². The van der Waals surface area contributed by atoms with Crippen molar-refractivity contribution >= 4 is 22.9 Å². The third-order valence-corrected chi connectivity index (χ3v) is 3.82. The van der Waals surface area contributed by atoms with Gasteiger partial charge in [0.25, 0.3) is 5.91 Å². The largest absolute Gasteiger partial charge is 0.378 e. The summed E-state index contributed by atoms with van der Waals surface area (Å²) < 4.78 is 1.92. The van der Waals surface area contributed by atoms with E-state index in [0.29, 0.717) is 18.1 Å². The van der Waals surface area contributed by atoms with Crippen molar-refractivity contribution in [3.63, 3.8) is 0 Å². The second-order valence-electron chi connectivity index (χ2n) is 5.47. The Hall–Kier alpha value is -2.66. The van der Waals surface area contributed by atoms with E-state index in [9.17, 15) is 9.90 Å². The van der Waals surface area contributed by atoms with Crippen LogP contribution in [0.1, 0.15) is 24.2 Å². The van der Waals surface area contributed by atoms with E-state index in [1.807, 2.05) is 42.7 Å². The molecule has 0 spiro atoms. The van der Waals surface area contributed by atoms with E-state index in [2.05, 4.69) is 10.3 Å². The number of hydrogen-bond donors (Lipinski definition) is 2. The molecule has 0 aliphatic carbocycles. The smallest absolute Gasteiger partial charge is 0.260 e. The van der Waals surface area contributed by atoms with Crippen LogP contribution >= 0.6 is 0 Å². The number of hydrogen-bond acceptors (Lipinski definition) is 3. The van der Waals surface area contributed by atoms with Gasteiger partial charge < -0.3 is 9.67 Å². The summed E-state index contributed by atoms with van der Waals surface area (Å²) >= 11 is 0. The van der Waals surface area contributed by atoms with E-state index < -0.39 is 12.0 Å². The second-order valence-corrected chi connectivity index (χ2v) is 5.47. The minimum atomic E-state index is -1.22. The van der Waals surface area contributed by atoms with Gasteiger partial charge >= 0.3 is 0 Å². The molecule has 3 rings (SSSR count). The molecule has 1 aromatic heterocycles. The van der Waals surface area contributed by atoms with Gasteiger partial charge in [0.05, 0.1) is 11.0 Å². The molecule has 2 aromatic carbocycles. The Morgan fingerprint density at radius 1 is 1.26 bits per heavy atom. The average molecular weight is 309 g/mol. The third-order valence-electron chi connectivity index (χ3n) is 3.82. The summed E-state index contributed by atoms with van der Waals surface area (Å²) in [5.74, 6) is -0.0361. The lowest BCUT2D eigenvalue weighted by atomic mass is 10.1. The highest BCUT2D eigenvalue weighted by Gasteiger charge is 2.20. The number of fused-ring (bicyclic) bond motifs is 1. The van der Waals surface area contributed by atoms with Crippen LogP contribution in [0, 0.1) is 6.92 Å². The Bertz CT molecular complexity index is 840. The molecule has 118 valence electrons. The van der Waals surface area contributed by atoms with Crippen LogP contribution < -0.4 is 5.32 Å². The molecule has 1 amide bonds. The number of aliphatic hydroxyl groups is 1. The summed E-state index contributed by atoms with van der Waals surface area (Å²) in [6, 6.07) is 14.8. The van der Waals surface area contributed by atoms with Crippen molar-refractivity contribution in [3.8, 4) is 0 Å². The van der Waals surface area contributed by atoms with Gasteiger partial charge in [0.2, 0.25) is 5.95 Å². The molecule has 0 radical (unpaired) electrons. The standard InChI is InChI=1S/C18H19N3O2/c1-3-21-15-10-9-12(2)11-14(15)19-18(21)20-17(23)16(22)13-7-5-4-6-8-13/h4-11,16,22H,3H2,1-2H3,(H,19,20,23). The van der Waals surface area contributed by atoms with Crippen LogP contribution in [-0.4, -0.2) is 20.6 Å². The molecule has 2 N–H and O–H groups in total. The number of benzene rings is 2. The number of aliphatic hydroxyl groups excluding tert-OH is 1. The fourth-order valence-corrected chi connectivity index (χ4v) is 2.62. The van der Waals surface area contributed by atoms with Crippen LogP contribution in [0.25, 0.3) is 11.0 Å². The lowest BCUT2D eigenvalue weighted by molar-refractivity contribution is -0.124. The summed E-state index contributed by atoms with van der Waals surface area (Å²) in [5.41, 5.74) is 3.46. The molecule has 3 aromatic rings. The molecule has 5 nitrogen and oxygen atoms in total. The first-order valence-electron chi connectivity index (χ1n) is 7.61. The van der Waals surface area contributed by atoms with Crippen molar-refractivity contribution < 1.29 is 9.90 Å². The Morgan fingerprint density at radius 2 is 2.00 bits per heavy atom. The Kier molecular flexibility index (Phi) is 4.12. The van der Waals surface area contributed by atoms with Crippen molar-refractivity contribution in [1.29, 1.82) is 0 Å². The van der Waals surface area contributed by atoms with Crippen molar-refractivity contribution in [3.05, 3.63) is 59.7 Å². The monoisotopic (exact) mass is 309 g/mol. The van der Waals surface area contributed by atoms with Gasteiger partial charge in [-0.1, -0.05) is 36.4 Å². The molecule has 1 unspecified atom stereocenters. The number of nitrogens with one attached hydrogen (secondary N) is 1. The van der Waals surface area contributed by atoms with Gasteiger partial charge in [0.1, 0.15) is 0 Å². The Balaban J connectivity index is 1.90. The molecule has 0 fully saturated rings. The number of aromatic nitrogens is 2. The number of imidazole rings is 1. The number of aryl methyl sites for hydroxylation is 2. The highest BCUT2D eigenvalue weighted by Crippen LogP contribution is 2.22. The van der Waals surface area contributed by atoms with Crippen molar-refractivity contribution in [1.82, 2.24) is 9.55 Å². The van der Waals surface area contributed by atoms with Gasteiger partial charge in [-0.05, 0) is 37.1 Å². The predicted octanol–water partition coefficient (Wildman–Crippen LogP) is 3.04. The van der Waals surface area contributed by atoms with Crippen LogP contribution in [0.5, 0.6) is 0 Å². The first-order valence-corrected chi connectivity index (χ1v) is 7.61. The van der Waals surface area contributed by atoms with E-state index in [1.165, 1.54) is 0 Å². The number of amides is 1. The molecule has 0 bridgehead atoms. The topological polar surface area (TPSA) is 67.2 Å². The maximum Gasteiger partial charge on any atom is 0.260 e. The number of anilines is 1. The Labute approximate surface area is 134 Å². The van der Waals surface area contributed by atoms with Gasteiger partial charge in [-0.25, -0.2) is 4.98 Å². The third kappa shape index (κ3) is 2.96. The maximum absolute atomic E-state index is 12.3. The average Bonchev–Trinajstić information content (AvgIpc) is 2.90. The second kappa shape index (κ2) is 6.22. The van der Waals surface area contributed by atoms with Crippen molar-refractivity contribution in [2.75, 3.05) is 5.32 Å². The quantitative estimate of drug-likeness (QED) is 0.778. The van der Waals surface area contributed by atoms with Gasteiger partial charge in [0, 0.05) is 6.54 Å². The molecule has 1 atom stereocenters. The van der Waals surface area contributed by atoms with E-state index >= 15 is 0 Å². The van der Waals surface area contributed by atoms with E-state index in [-0.39, 0.29) is 0 Å². The lowest BCUT2D eigenvalue weighted by Gasteiger charge is -2.12. The summed E-state index contributed by atoms with van der Waals surface area (Å²) in [4.78, 5) is 16.8. The molecule has 5 heteroatoms. The molecule has 0 saturated carbocycles. The van der Waals surface area contributed by atoms with Crippen LogP contribution in [-0.2, 0) is 11.3 Å². The van der Waals surface area contributed by atoms with Gasteiger partial charge in [-0.15, -0.1) is 0 Å². The van der Waals surface area contributed by atoms with Crippen LogP contribution in [0.2, 0.25) is 0 Å². The number of nitrogens with zero attached hydrogens (tertiary/aromatic N) is 2. The highest BCUT2D eigenvalue weighted by atomic mass is 16.3. The SMILES string of the molecule is CCn1c(NC(=O)C(O)c2ccccc2)nc2cc(C)ccc21. The maximum atomic E-state index is 12.3. The normalized spacial score (nSPS) is 12.3. The number of carbonyl (C=O) groups excluding carboxylic acids is 1. The first kappa shape index (κ1) is 15.2. The minimum absolute atomic E-state index is 0.452. The number of rotatable bonds is 4. The van der Waals surface area contributed by atoms with Gasteiger partial charge in [0.15, 0.2) is 6.10 Å². The molecule has 23 heavy (non-hydrogen) atoms. The number of carbonyl (C=O) groups is 1.